The van der Waals surface area contributed by atoms with Gasteiger partial charge in [0, 0.05) is 39.1 Å². The lowest BCUT2D eigenvalue weighted by Crippen LogP contribution is -2.46. The second-order valence-corrected chi connectivity index (χ2v) is 6.30. The first-order chi connectivity index (χ1) is 10.3. The van der Waals surface area contributed by atoms with E-state index in [0.29, 0.717) is 0 Å². The Hall–Kier alpha value is -1.24. The number of piperazine rings is 1. The van der Waals surface area contributed by atoms with Gasteiger partial charge < -0.3 is 4.52 Å². The molecule has 0 unspecified atom stereocenters. The summed E-state index contributed by atoms with van der Waals surface area (Å²) >= 11 is 1.77. The van der Waals surface area contributed by atoms with E-state index in [9.17, 15) is 0 Å². The van der Waals surface area contributed by atoms with E-state index >= 15 is 0 Å². The molecule has 21 heavy (non-hydrogen) atoms. The van der Waals surface area contributed by atoms with E-state index in [4.69, 9.17) is 4.52 Å². The summed E-state index contributed by atoms with van der Waals surface area (Å²) in [7, 11) is 0. The van der Waals surface area contributed by atoms with Crippen LogP contribution in [0.15, 0.2) is 21.3 Å². The first-order valence-corrected chi connectivity index (χ1v) is 8.50. The Morgan fingerprint density at radius 1 is 1.33 bits per heavy atom. The number of thiophene rings is 1. The minimum atomic E-state index is 0.209. The zero-order chi connectivity index (χ0) is 14.7. The summed E-state index contributed by atoms with van der Waals surface area (Å²) in [6, 6.07) is 2.42. The maximum absolute atomic E-state index is 5.37. The highest BCUT2D eigenvalue weighted by molar-refractivity contribution is 7.07. The molecule has 114 valence electrons. The highest BCUT2D eigenvalue weighted by Crippen LogP contribution is 2.21. The highest BCUT2D eigenvalue weighted by Gasteiger charge is 2.25. The van der Waals surface area contributed by atoms with Gasteiger partial charge in [0.25, 0.3) is 0 Å². The SMILES string of the molecule is CCc1noc([C@H](C)N2CCN(Cc3ccsc3)CC2)n1. The fraction of sp³-hybridized carbons (Fsp3) is 0.600. The molecule has 0 amide bonds. The van der Waals surface area contributed by atoms with E-state index in [1.165, 1.54) is 5.56 Å². The smallest absolute Gasteiger partial charge is 0.243 e. The van der Waals surface area contributed by atoms with Crippen LogP contribution in [0.5, 0.6) is 0 Å². The summed E-state index contributed by atoms with van der Waals surface area (Å²) in [4.78, 5) is 9.39. The highest BCUT2D eigenvalue weighted by atomic mass is 32.1. The van der Waals surface area contributed by atoms with Crippen LogP contribution in [0.1, 0.15) is 37.2 Å². The van der Waals surface area contributed by atoms with Crippen molar-refractivity contribution >= 4 is 11.3 Å². The molecule has 1 atom stereocenters. The van der Waals surface area contributed by atoms with Crippen LogP contribution in [-0.4, -0.2) is 46.1 Å². The van der Waals surface area contributed by atoms with Crippen molar-refractivity contribution in [1.82, 2.24) is 19.9 Å². The maximum atomic E-state index is 5.37. The second-order valence-electron chi connectivity index (χ2n) is 5.52. The molecule has 3 rings (SSSR count). The Bertz CT molecular complexity index is 546. The quantitative estimate of drug-likeness (QED) is 0.849. The number of hydrogen-bond donors (Lipinski definition) is 0. The van der Waals surface area contributed by atoms with Gasteiger partial charge in [-0.25, -0.2) is 0 Å². The molecular formula is C15H22N4OS. The van der Waals surface area contributed by atoms with E-state index in [-0.39, 0.29) is 6.04 Å². The molecule has 1 fully saturated rings. The molecule has 1 aliphatic heterocycles. The van der Waals surface area contributed by atoms with Crippen molar-refractivity contribution in [2.45, 2.75) is 32.9 Å². The molecular weight excluding hydrogens is 284 g/mol. The molecule has 0 bridgehead atoms. The molecule has 0 aromatic carbocycles. The van der Waals surface area contributed by atoms with Crippen molar-refractivity contribution in [1.29, 1.82) is 0 Å². The summed E-state index contributed by atoms with van der Waals surface area (Å²) in [5, 5.41) is 8.38. The molecule has 3 heterocycles. The normalized spacial score (nSPS) is 19.0. The zero-order valence-corrected chi connectivity index (χ0v) is 13.5. The standard InChI is InChI=1S/C15H22N4OS/c1-3-14-16-15(20-17-14)12(2)19-7-5-18(6-8-19)10-13-4-9-21-11-13/h4,9,11-12H,3,5-8,10H2,1-2H3/t12-/m0/s1. The third-order valence-corrected chi connectivity index (χ3v) is 4.83. The van der Waals surface area contributed by atoms with Crippen LogP contribution in [0, 0.1) is 0 Å². The minimum absolute atomic E-state index is 0.209. The molecule has 0 spiro atoms. The first kappa shape index (κ1) is 14.7. The molecule has 0 saturated carbocycles. The van der Waals surface area contributed by atoms with Crippen LogP contribution >= 0.6 is 11.3 Å². The molecule has 1 saturated heterocycles. The number of aromatic nitrogens is 2. The van der Waals surface area contributed by atoms with Crippen LogP contribution in [0.4, 0.5) is 0 Å². The Balaban J connectivity index is 1.52. The molecule has 6 heteroatoms. The lowest BCUT2D eigenvalue weighted by Gasteiger charge is -2.36. The van der Waals surface area contributed by atoms with Crippen molar-refractivity contribution in [2.75, 3.05) is 26.2 Å². The fourth-order valence-corrected chi connectivity index (χ4v) is 3.35. The van der Waals surface area contributed by atoms with Crippen molar-refractivity contribution < 1.29 is 4.52 Å². The number of nitrogens with zero attached hydrogens (tertiary/aromatic N) is 4. The van der Waals surface area contributed by atoms with Gasteiger partial charge in [-0.2, -0.15) is 16.3 Å². The molecule has 0 aliphatic carbocycles. The largest absolute Gasteiger partial charge is 0.338 e. The summed E-state index contributed by atoms with van der Waals surface area (Å²) in [6.45, 7) is 9.55. The predicted molar refractivity (Wildman–Crippen MR) is 83.3 cm³/mol. The van der Waals surface area contributed by atoms with Crippen molar-refractivity contribution in [3.63, 3.8) is 0 Å². The van der Waals surface area contributed by atoms with Gasteiger partial charge >= 0.3 is 0 Å². The van der Waals surface area contributed by atoms with Crippen LogP contribution in [0.25, 0.3) is 0 Å². The van der Waals surface area contributed by atoms with E-state index in [0.717, 1.165) is 50.9 Å². The Kier molecular flexibility index (Phi) is 4.67. The third-order valence-electron chi connectivity index (χ3n) is 4.10. The Labute approximate surface area is 129 Å². The van der Waals surface area contributed by atoms with E-state index in [2.05, 4.69) is 43.7 Å². The van der Waals surface area contributed by atoms with Crippen molar-refractivity contribution in [2.24, 2.45) is 0 Å². The summed E-state index contributed by atoms with van der Waals surface area (Å²) in [6.07, 6.45) is 0.824. The predicted octanol–water partition coefficient (Wildman–Crippen LogP) is 2.57. The average Bonchev–Trinajstić information content (AvgIpc) is 3.18. The topological polar surface area (TPSA) is 45.4 Å². The van der Waals surface area contributed by atoms with Gasteiger partial charge in [-0.3, -0.25) is 9.80 Å². The molecule has 0 N–H and O–H groups in total. The average molecular weight is 306 g/mol. The van der Waals surface area contributed by atoms with Gasteiger partial charge in [-0.1, -0.05) is 12.1 Å². The number of aryl methyl sites for hydroxylation is 1. The van der Waals surface area contributed by atoms with Crippen LogP contribution in [0.3, 0.4) is 0 Å². The van der Waals surface area contributed by atoms with Crippen molar-refractivity contribution in [3.05, 3.63) is 34.1 Å². The zero-order valence-electron chi connectivity index (χ0n) is 12.7. The molecule has 2 aromatic heterocycles. The minimum Gasteiger partial charge on any atom is -0.338 e. The molecule has 0 radical (unpaired) electrons. The van der Waals surface area contributed by atoms with Gasteiger partial charge in [0.05, 0.1) is 6.04 Å². The van der Waals surface area contributed by atoms with Gasteiger partial charge in [-0.05, 0) is 29.3 Å². The van der Waals surface area contributed by atoms with Gasteiger partial charge in [-0.15, -0.1) is 0 Å². The number of hydrogen-bond acceptors (Lipinski definition) is 6. The maximum Gasteiger partial charge on any atom is 0.243 e. The van der Waals surface area contributed by atoms with Crippen LogP contribution in [0.2, 0.25) is 0 Å². The number of rotatable bonds is 5. The summed E-state index contributed by atoms with van der Waals surface area (Å²) in [5.74, 6) is 1.55. The van der Waals surface area contributed by atoms with E-state index < -0.39 is 0 Å². The Morgan fingerprint density at radius 2 is 2.14 bits per heavy atom. The van der Waals surface area contributed by atoms with Gasteiger partial charge in [0.2, 0.25) is 5.89 Å². The molecule has 5 nitrogen and oxygen atoms in total. The third kappa shape index (κ3) is 3.51. The second kappa shape index (κ2) is 6.68. The van der Waals surface area contributed by atoms with Gasteiger partial charge in [0.1, 0.15) is 0 Å². The first-order valence-electron chi connectivity index (χ1n) is 7.56. The molecule has 1 aliphatic rings. The molecule has 2 aromatic rings. The van der Waals surface area contributed by atoms with Crippen molar-refractivity contribution in [3.8, 4) is 0 Å². The van der Waals surface area contributed by atoms with E-state index in [1.54, 1.807) is 11.3 Å². The fourth-order valence-electron chi connectivity index (χ4n) is 2.69. The lowest BCUT2D eigenvalue weighted by molar-refractivity contribution is 0.0846. The Morgan fingerprint density at radius 3 is 2.76 bits per heavy atom. The van der Waals surface area contributed by atoms with Crippen LogP contribution < -0.4 is 0 Å². The van der Waals surface area contributed by atoms with E-state index in [1.807, 2.05) is 6.92 Å². The summed E-state index contributed by atoms with van der Waals surface area (Å²) < 4.78 is 5.37. The monoisotopic (exact) mass is 306 g/mol. The summed E-state index contributed by atoms with van der Waals surface area (Å²) in [5.41, 5.74) is 1.42. The van der Waals surface area contributed by atoms with Crippen LogP contribution in [-0.2, 0) is 13.0 Å². The van der Waals surface area contributed by atoms with Gasteiger partial charge in [0.15, 0.2) is 5.82 Å². The lowest BCUT2D eigenvalue weighted by atomic mass is 10.2.